The minimum Gasteiger partial charge on any atom is -0.504 e. The molecule has 11 heteroatoms. The highest BCUT2D eigenvalue weighted by molar-refractivity contribution is 5.21. The van der Waals surface area contributed by atoms with Gasteiger partial charge in [0, 0.05) is 12.4 Å². The molecule has 5 atom stereocenters. The fraction of sp³-hybridized carbons (Fsp3) is 0.500. The summed E-state index contributed by atoms with van der Waals surface area (Å²) in [6.45, 7) is 1.37. The molecule has 3 rings (SSSR count). The molecule has 1 aromatic heterocycles. The zero-order valence-corrected chi connectivity index (χ0v) is 15.6. The van der Waals surface area contributed by atoms with Gasteiger partial charge in [-0.1, -0.05) is 6.07 Å². The van der Waals surface area contributed by atoms with E-state index in [-0.39, 0.29) is 13.2 Å². The van der Waals surface area contributed by atoms with Crippen LogP contribution in [0.3, 0.4) is 0 Å². The van der Waals surface area contributed by atoms with Crippen LogP contribution < -0.4 is 5.48 Å². The van der Waals surface area contributed by atoms with E-state index in [1.165, 1.54) is 6.08 Å². The van der Waals surface area contributed by atoms with Crippen LogP contribution in [0.2, 0.25) is 0 Å². The van der Waals surface area contributed by atoms with Gasteiger partial charge < -0.3 is 39.7 Å². The van der Waals surface area contributed by atoms with Gasteiger partial charge in [-0.25, -0.2) is 0 Å². The molecule has 1 fully saturated rings. The molecule has 0 aromatic carbocycles. The SMILES string of the molecule is Cc1cncc(CON[C@@H]2OC(CO)[C@@H](O)[C@@H](OC3=C(O)C(O)=CCO3)C2O)c1. The highest BCUT2D eigenvalue weighted by Gasteiger charge is 2.47. The third kappa shape index (κ3) is 4.96. The summed E-state index contributed by atoms with van der Waals surface area (Å²) >= 11 is 0. The summed E-state index contributed by atoms with van der Waals surface area (Å²) in [6.07, 6.45) is -2.03. The lowest BCUT2D eigenvalue weighted by molar-refractivity contribution is -0.272. The van der Waals surface area contributed by atoms with Crippen LogP contribution in [-0.2, 0) is 25.7 Å². The number of hydrogen-bond acceptors (Lipinski definition) is 11. The summed E-state index contributed by atoms with van der Waals surface area (Å²) in [5.74, 6) is -1.58. The van der Waals surface area contributed by atoms with E-state index in [0.717, 1.165) is 11.1 Å². The molecule has 2 aliphatic rings. The van der Waals surface area contributed by atoms with Gasteiger partial charge in [-0.15, -0.1) is 0 Å². The molecule has 1 saturated heterocycles. The standard InChI is InChI=1S/C18H24N2O9/c1-9-4-10(6-19-5-9)8-27-20-17-15(25)16(14(24)12(7-21)28-17)29-18-13(23)11(22)2-3-26-18/h2,4-6,12,14-17,20-25H,3,7-8H2,1H3/t12?,14-,15?,16-,17-/m1/s1. The van der Waals surface area contributed by atoms with Gasteiger partial charge in [-0.3, -0.25) is 9.82 Å². The second-order valence-electron chi connectivity index (χ2n) is 6.65. The number of nitrogens with one attached hydrogen (secondary N) is 1. The number of pyridine rings is 1. The molecule has 29 heavy (non-hydrogen) atoms. The highest BCUT2D eigenvalue weighted by atomic mass is 16.7. The number of aliphatic hydroxyl groups excluding tert-OH is 5. The first kappa shape index (κ1) is 21.3. The summed E-state index contributed by atoms with van der Waals surface area (Å²) in [5.41, 5.74) is 4.26. The molecule has 0 bridgehead atoms. The number of nitrogens with zero attached hydrogens (tertiary/aromatic N) is 1. The van der Waals surface area contributed by atoms with Crippen LogP contribution in [0.4, 0.5) is 0 Å². The van der Waals surface area contributed by atoms with E-state index in [4.69, 9.17) is 19.0 Å². The van der Waals surface area contributed by atoms with E-state index < -0.39 is 54.7 Å². The minimum absolute atomic E-state index is 0.0701. The van der Waals surface area contributed by atoms with E-state index in [1.54, 1.807) is 12.4 Å². The van der Waals surface area contributed by atoms with Gasteiger partial charge in [0.2, 0.25) is 5.76 Å². The Balaban J connectivity index is 1.67. The predicted molar refractivity (Wildman–Crippen MR) is 95.9 cm³/mol. The number of hydroxylamine groups is 1. The number of rotatable bonds is 7. The average Bonchev–Trinajstić information content (AvgIpc) is 2.70. The molecular weight excluding hydrogens is 388 g/mol. The molecule has 11 nitrogen and oxygen atoms in total. The fourth-order valence-electron chi connectivity index (χ4n) is 2.91. The van der Waals surface area contributed by atoms with E-state index in [0.29, 0.717) is 0 Å². The monoisotopic (exact) mass is 412 g/mol. The van der Waals surface area contributed by atoms with Gasteiger partial charge in [-0.2, -0.15) is 5.48 Å². The van der Waals surface area contributed by atoms with Crippen molar-refractivity contribution in [3.63, 3.8) is 0 Å². The molecule has 160 valence electrons. The van der Waals surface area contributed by atoms with Crippen LogP contribution in [0.5, 0.6) is 0 Å². The van der Waals surface area contributed by atoms with Crippen molar-refractivity contribution in [2.75, 3.05) is 13.2 Å². The van der Waals surface area contributed by atoms with Gasteiger partial charge in [0.05, 0.1) is 13.2 Å². The summed E-state index contributed by atoms with van der Waals surface area (Å²) in [4.78, 5) is 9.40. The van der Waals surface area contributed by atoms with Gasteiger partial charge >= 0.3 is 5.95 Å². The Morgan fingerprint density at radius 2 is 2.03 bits per heavy atom. The van der Waals surface area contributed by atoms with E-state index >= 15 is 0 Å². The van der Waals surface area contributed by atoms with Crippen LogP contribution in [0, 0.1) is 6.92 Å². The number of aromatic nitrogens is 1. The predicted octanol–water partition coefficient (Wildman–Crippen LogP) is -0.565. The minimum atomic E-state index is -1.47. The van der Waals surface area contributed by atoms with Crippen molar-refractivity contribution in [3.8, 4) is 0 Å². The quantitative estimate of drug-likeness (QED) is 0.318. The van der Waals surface area contributed by atoms with Crippen LogP contribution >= 0.6 is 0 Å². The Bertz CT molecular complexity index is 769. The molecule has 6 N–H and O–H groups in total. The maximum atomic E-state index is 10.6. The van der Waals surface area contributed by atoms with Crippen LogP contribution in [-0.4, -0.2) is 74.4 Å². The molecule has 0 aliphatic carbocycles. The number of hydrogen-bond donors (Lipinski definition) is 6. The zero-order chi connectivity index (χ0) is 21.0. The van der Waals surface area contributed by atoms with Gasteiger partial charge in [0.25, 0.3) is 0 Å². The largest absolute Gasteiger partial charge is 0.504 e. The Morgan fingerprint density at radius 3 is 2.76 bits per heavy atom. The van der Waals surface area contributed by atoms with Crippen molar-refractivity contribution in [2.24, 2.45) is 0 Å². The summed E-state index contributed by atoms with van der Waals surface area (Å²) in [5, 5.41) is 49.8. The third-order valence-corrected chi connectivity index (χ3v) is 4.41. The van der Waals surface area contributed by atoms with E-state index in [1.807, 2.05) is 13.0 Å². The molecule has 1 aromatic rings. The second kappa shape index (κ2) is 9.39. The first-order valence-corrected chi connectivity index (χ1v) is 8.93. The summed E-state index contributed by atoms with van der Waals surface area (Å²) in [7, 11) is 0. The van der Waals surface area contributed by atoms with Crippen LogP contribution in [0.1, 0.15) is 11.1 Å². The molecule has 3 heterocycles. The highest BCUT2D eigenvalue weighted by Crippen LogP contribution is 2.27. The second-order valence-corrected chi connectivity index (χ2v) is 6.65. The van der Waals surface area contributed by atoms with Gasteiger partial charge in [0.15, 0.2) is 18.1 Å². The number of aliphatic hydroxyl groups is 5. The molecule has 2 aliphatic heterocycles. The van der Waals surface area contributed by atoms with Gasteiger partial charge in [0.1, 0.15) is 24.9 Å². The Morgan fingerprint density at radius 1 is 1.24 bits per heavy atom. The normalized spacial score (nSPS) is 29.9. The lowest BCUT2D eigenvalue weighted by Crippen LogP contribution is -2.63. The van der Waals surface area contributed by atoms with Crippen molar-refractivity contribution >= 4 is 0 Å². The zero-order valence-electron chi connectivity index (χ0n) is 15.6. The smallest absolute Gasteiger partial charge is 0.328 e. The molecule has 0 radical (unpaired) electrons. The molecule has 0 amide bonds. The number of ether oxygens (including phenoxy) is 3. The van der Waals surface area contributed by atoms with Crippen molar-refractivity contribution in [2.45, 2.75) is 44.2 Å². The van der Waals surface area contributed by atoms with E-state index in [9.17, 15) is 25.5 Å². The van der Waals surface area contributed by atoms with E-state index in [2.05, 4.69) is 10.5 Å². The maximum Gasteiger partial charge on any atom is 0.328 e. The van der Waals surface area contributed by atoms with Crippen molar-refractivity contribution in [1.29, 1.82) is 0 Å². The van der Waals surface area contributed by atoms with Gasteiger partial charge in [-0.05, 0) is 24.1 Å². The first-order valence-electron chi connectivity index (χ1n) is 8.93. The average molecular weight is 412 g/mol. The maximum absolute atomic E-state index is 10.6. The Hall–Kier alpha value is -2.41. The Kier molecular flexibility index (Phi) is 6.90. The van der Waals surface area contributed by atoms with Crippen molar-refractivity contribution < 1.29 is 44.6 Å². The third-order valence-electron chi connectivity index (χ3n) is 4.41. The number of aryl methyl sites for hydroxylation is 1. The molecule has 0 saturated carbocycles. The summed E-state index contributed by atoms with van der Waals surface area (Å²) in [6, 6.07) is 1.87. The topological polar surface area (TPSA) is 163 Å². The lowest BCUT2D eigenvalue weighted by Gasteiger charge is -2.42. The van der Waals surface area contributed by atoms with Crippen molar-refractivity contribution in [3.05, 3.63) is 53.1 Å². The first-order chi connectivity index (χ1) is 13.9. The van der Waals surface area contributed by atoms with Crippen LogP contribution in [0.25, 0.3) is 0 Å². The summed E-state index contributed by atoms with van der Waals surface area (Å²) < 4.78 is 15.9. The fourth-order valence-corrected chi connectivity index (χ4v) is 2.91. The molecule has 0 spiro atoms. The molecule has 2 unspecified atom stereocenters. The lowest BCUT2D eigenvalue weighted by atomic mass is 9.98. The Labute approximate surface area is 166 Å². The van der Waals surface area contributed by atoms with Crippen molar-refractivity contribution in [1.82, 2.24) is 10.5 Å². The molecular formula is C18H24N2O9. The van der Waals surface area contributed by atoms with Crippen LogP contribution in [0.15, 0.2) is 42.0 Å².